The molecule has 7 heteroatoms. The minimum atomic E-state index is -4.74. The van der Waals surface area contributed by atoms with Gasteiger partial charge in [-0.1, -0.05) is 6.92 Å². The molecule has 1 unspecified atom stereocenters. The van der Waals surface area contributed by atoms with E-state index >= 15 is 0 Å². The van der Waals surface area contributed by atoms with Gasteiger partial charge in [0.05, 0.1) is 11.5 Å². The lowest BCUT2D eigenvalue weighted by atomic mass is 9.91. The van der Waals surface area contributed by atoms with Gasteiger partial charge in [-0.3, -0.25) is 4.79 Å². The molecule has 1 aliphatic rings. The van der Waals surface area contributed by atoms with Crippen molar-refractivity contribution in [2.24, 2.45) is 11.8 Å². The average Bonchev–Trinajstić information content (AvgIpc) is 2.37. The summed E-state index contributed by atoms with van der Waals surface area (Å²) in [6.07, 6.45) is -4.04. The number of halogens is 4. The zero-order valence-electron chi connectivity index (χ0n) is 11.4. The topological polar surface area (TPSA) is 41.1 Å². The highest BCUT2D eigenvalue weighted by molar-refractivity contribution is 5.92. The van der Waals surface area contributed by atoms with Gasteiger partial charge in [0, 0.05) is 12.2 Å². The third-order valence-electron chi connectivity index (χ3n) is 3.48. The fourth-order valence-electron chi connectivity index (χ4n) is 2.42. The number of amides is 1. The van der Waals surface area contributed by atoms with Crippen LogP contribution < -0.4 is 10.6 Å². The van der Waals surface area contributed by atoms with E-state index in [1.807, 2.05) is 6.92 Å². The van der Waals surface area contributed by atoms with Gasteiger partial charge in [0.2, 0.25) is 5.91 Å². The first-order valence-electron chi connectivity index (χ1n) is 6.65. The molecule has 0 aromatic heterocycles. The lowest BCUT2D eigenvalue weighted by Crippen LogP contribution is -2.40. The standard InChI is InChI=1S/C14H16F4N2O/c1-8-4-9(7-19-6-8)13(21)20-10-2-3-11(12(15)5-10)14(16,17)18/h2-3,5,8-9,19H,4,6-7H2,1H3,(H,20,21)/t8?,9-/m0/s1. The van der Waals surface area contributed by atoms with Gasteiger partial charge in [-0.05, 0) is 37.1 Å². The monoisotopic (exact) mass is 304 g/mol. The number of alkyl halides is 3. The van der Waals surface area contributed by atoms with Gasteiger partial charge in [-0.2, -0.15) is 13.2 Å². The summed E-state index contributed by atoms with van der Waals surface area (Å²) in [5.41, 5.74) is -1.31. The van der Waals surface area contributed by atoms with Crippen LogP contribution in [0.4, 0.5) is 23.2 Å². The van der Waals surface area contributed by atoms with E-state index in [1.54, 1.807) is 0 Å². The van der Waals surface area contributed by atoms with Crippen molar-refractivity contribution in [2.75, 3.05) is 18.4 Å². The smallest absolute Gasteiger partial charge is 0.326 e. The molecule has 116 valence electrons. The molecule has 0 aliphatic carbocycles. The third kappa shape index (κ3) is 3.93. The molecule has 1 fully saturated rings. The number of carbonyl (C=O) groups is 1. The largest absolute Gasteiger partial charge is 0.419 e. The quantitative estimate of drug-likeness (QED) is 0.825. The van der Waals surface area contributed by atoms with Gasteiger partial charge in [-0.25, -0.2) is 4.39 Å². The summed E-state index contributed by atoms with van der Waals surface area (Å²) in [4.78, 5) is 12.0. The number of hydrogen-bond donors (Lipinski definition) is 2. The number of piperidine rings is 1. The number of benzene rings is 1. The summed E-state index contributed by atoms with van der Waals surface area (Å²) in [6, 6.07) is 2.39. The Morgan fingerprint density at radius 2 is 2.05 bits per heavy atom. The lowest BCUT2D eigenvalue weighted by Gasteiger charge is -2.26. The summed E-state index contributed by atoms with van der Waals surface area (Å²) < 4.78 is 50.7. The minimum Gasteiger partial charge on any atom is -0.326 e. The SMILES string of the molecule is CC1CNC[C@@H](C(=O)Nc2ccc(C(F)(F)F)c(F)c2)C1. The van der Waals surface area contributed by atoms with Crippen molar-refractivity contribution in [1.82, 2.24) is 5.32 Å². The molecule has 1 saturated heterocycles. The fraction of sp³-hybridized carbons (Fsp3) is 0.500. The van der Waals surface area contributed by atoms with Gasteiger partial charge < -0.3 is 10.6 Å². The number of rotatable bonds is 2. The van der Waals surface area contributed by atoms with Crippen molar-refractivity contribution in [1.29, 1.82) is 0 Å². The lowest BCUT2D eigenvalue weighted by molar-refractivity contribution is -0.139. The normalized spacial score (nSPS) is 22.9. The summed E-state index contributed by atoms with van der Waals surface area (Å²) in [5.74, 6) is -1.62. The van der Waals surface area contributed by atoms with Crippen molar-refractivity contribution in [3.05, 3.63) is 29.6 Å². The molecule has 2 atom stereocenters. The van der Waals surface area contributed by atoms with E-state index in [0.717, 1.165) is 12.6 Å². The van der Waals surface area contributed by atoms with Crippen molar-refractivity contribution >= 4 is 11.6 Å². The van der Waals surface area contributed by atoms with Gasteiger partial charge in [0.1, 0.15) is 5.82 Å². The molecule has 3 nitrogen and oxygen atoms in total. The third-order valence-corrected chi connectivity index (χ3v) is 3.48. The predicted molar refractivity (Wildman–Crippen MR) is 70.2 cm³/mol. The highest BCUT2D eigenvalue weighted by Gasteiger charge is 2.34. The molecule has 2 N–H and O–H groups in total. The van der Waals surface area contributed by atoms with E-state index in [2.05, 4.69) is 10.6 Å². The first-order valence-corrected chi connectivity index (χ1v) is 6.65. The van der Waals surface area contributed by atoms with Gasteiger partial charge in [-0.15, -0.1) is 0 Å². The molecule has 1 aliphatic heterocycles. The molecule has 1 heterocycles. The van der Waals surface area contributed by atoms with Crippen LogP contribution in [0.5, 0.6) is 0 Å². The Balaban J connectivity index is 2.06. The van der Waals surface area contributed by atoms with Crippen LogP contribution in [0.25, 0.3) is 0 Å². The summed E-state index contributed by atoms with van der Waals surface area (Å²) in [6.45, 7) is 3.35. The molecule has 21 heavy (non-hydrogen) atoms. The van der Waals surface area contributed by atoms with Crippen LogP contribution >= 0.6 is 0 Å². The molecule has 0 radical (unpaired) electrons. The zero-order valence-corrected chi connectivity index (χ0v) is 11.4. The number of nitrogens with one attached hydrogen (secondary N) is 2. The first kappa shape index (κ1) is 15.8. The second kappa shape index (κ2) is 6.01. The number of carbonyl (C=O) groups excluding carboxylic acids is 1. The van der Waals surface area contributed by atoms with E-state index in [9.17, 15) is 22.4 Å². The summed E-state index contributed by atoms with van der Waals surface area (Å²) in [5, 5.41) is 5.57. The Morgan fingerprint density at radius 3 is 2.62 bits per heavy atom. The summed E-state index contributed by atoms with van der Waals surface area (Å²) >= 11 is 0. The van der Waals surface area contributed by atoms with E-state index in [-0.39, 0.29) is 17.5 Å². The van der Waals surface area contributed by atoms with Crippen LogP contribution in [0.3, 0.4) is 0 Å². The maximum atomic E-state index is 13.4. The van der Waals surface area contributed by atoms with Gasteiger partial charge in [0.15, 0.2) is 0 Å². The van der Waals surface area contributed by atoms with E-state index in [4.69, 9.17) is 0 Å². The first-order chi connectivity index (χ1) is 9.77. The Hall–Kier alpha value is -1.63. The fourth-order valence-corrected chi connectivity index (χ4v) is 2.42. The maximum Gasteiger partial charge on any atom is 0.419 e. The zero-order chi connectivity index (χ0) is 15.6. The Morgan fingerprint density at radius 1 is 1.33 bits per heavy atom. The van der Waals surface area contributed by atoms with Crippen LogP contribution in [0.1, 0.15) is 18.9 Å². The molecule has 1 aromatic rings. The minimum absolute atomic E-state index is 0.0312. The summed E-state index contributed by atoms with van der Waals surface area (Å²) in [7, 11) is 0. The van der Waals surface area contributed by atoms with Gasteiger partial charge in [0.25, 0.3) is 0 Å². The molecule has 0 saturated carbocycles. The number of hydrogen-bond acceptors (Lipinski definition) is 2. The molecule has 2 rings (SSSR count). The van der Waals surface area contributed by atoms with Crippen molar-refractivity contribution in [2.45, 2.75) is 19.5 Å². The Kier molecular flexibility index (Phi) is 4.51. The van der Waals surface area contributed by atoms with Crippen molar-refractivity contribution in [3.63, 3.8) is 0 Å². The highest BCUT2D eigenvalue weighted by atomic mass is 19.4. The van der Waals surface area contributed by atoms with E-state index in [1.165, 1.54) is 0 Å². The second-order valence-electron chi connectivity index (χ2n) is 5.38. The van der Waals surface area contributed by atoms with E-state index in [0.29, 0.717) is 31.0 Å². The van der Waals surface area contributed by atoms with Crippen LogP contribution in [-0.4, -0.2) is 19.0 Å². The molecule has 0 spiro atoms. The second-order valence-corrected chi connectivity index (χ2v) is 5.38. The van der Waals surface area contributed by atoms with Crippen molar-refractivity contribution < 1.29 is 22.4 Å². The van der Waals surface area contributed by atoms with Crippen molar-refractivity contribution in [3.8, 4) is 0 Å². The molecule has 0 bridgehead atoms. The Labute approximate surface area is 119 Å². The maximum absolute atomic E-state index is 13.4. The van der Waals surface area contributed by atoms with Crippen LogP contribution in [0.15, 0.2) is 18.2 Å². The highest BCUT2D eigenvalue weighted by Crippen LogP contribution is 2.32. The van der Waals surface area contributed by atoms with E-state index < -0.39 is 17.6 Å². The van der Waals surface area contributed by atoms with Crippen LogP contribution in [0, 0.1) is 17.7 Å². The Bertz CT molecular complexity index is 530. The molecule has 1 amide bonds. The predicted octanol–water partition coefficient (Wildman–Crippen LogP) is 3.03. The average molecular weight is 304 g/mol. The number of anilines is 1. The molecular weight excluding hydrogens is 288 g/mol. The molecule has 1 aromatic carbocycles. The van der Waals surface area contributed by atoms with Gasteiger partial charge >= 0.3 is 6.18 Å². The van der Waals surface area contributed by atoms with Crippen LogP contribution in [0.2, 0.25) is 0 Å². The molecular formula is C14H16F4N2O. The van der Waals surface area contributed by atoms with Crippen LogP contribution in [-0.2, 0) is 11.0 Å².